The van der Waals surface area contributed by atoms with Crippen LogP contribution >= 0.6 is 0 Å². The van der Waals surface area contributed by atoms with E-state index in [1.165, 1.54) is 0 Å². The van der Waals surface area contributed by atoms with Crippen molar-refractivity contribution in [2.75, 3.05) is 26.4 Å². The topological polar surface area (TPSA) is 66.0 Å². The van der Waals surface area contributed by atoms with Crippen LogP contribution in [0.1, 0.15) is 43.6 Å². The summed E-state index contributed by atoms with van der Waals surface area (Å²) in [6, 6.07) is 10.9. The second kappa shape index (κ2) is 11.1. The molecule has 0 radical (unpaired) electrons. The highest BCUT2D eigenvalue weighted by molar-refractivity contribution is 5.94. The molecule has 152 valence electrons. The van der Waals surface area contributed by atoms with Crippen LogP contribution in [0.4, 0.5) is 0 Å². The van der Waals surface area contributed by atoms with Crippen LogP contribution in [0, 0.1) is 0 Å². The molecule has 2 aromatic carbocycles. The molecule has 0 aliphatic heterocycles. The van der Waals surface area contributed by atoms with E-state index in [4.69, 9.17) is 18.9 Å². The molecular formula is C22H29NO5. The molecule has 0 bridgehead atoms. The molecule has 1 amide bonds. The van der Waals surface area contributed by atoms with Crippen LogP contribution in [-0.2, 0) is 6.54 Å². The second-order valence-corrected chi connectivity index (χ2v) is 5.86. The van der Waals surface area contributed by atoms with E-state index in [-0.39, 0.29) is 5.91 Å². The van der Waals surface area contributed by atoms with Crippen LogP contribution in [-0.4, -0.2) is 32.3 Å². The Bertz CT molecular complexity index is 776. The summed E-state index contributed by atoms with van der Waals surface area (Å²) in [7, 11) is 0. The van der Waals surface area contributed by atoms with Gasteiger partial charge in [0, 0.05) is 12.1 Å². The lowest BCUT2D eigenvalue weighted by Gasteiger charge is -2.14. The van der Waals surface area contributed by atoms with Gasteiger partial charge in [-0.2, -0.15) is 0 Å². The van der Waals surface area contributed by atoms with Crippen molar-refractivity contribution in [3.05, 3.63) is 47.5 Å². The first kappa shape index (κ1) is 21.4. The maximum Gasteiger partial charge on any atom is 0.251 e. The zero-order chi connectivity index (χ0) is 20.4. The summed E-state index contributed by atoms with van der Waals surface area (Å²) < 4.78 is 22.3. The highest BCUT2D eigenvalue weighted by atomic mass is 16.5. The summed E-state index contributed by atoms with van der Waals surface area (Å²) in [6.45, 7) is 10.2. The highest BCUT2D eigenvalue weighted by Gasteiger charge is 2.12. The van der Waals surface area contributed by atoms with Crippen molar-refractivity contribution in [2.45, 2.75) is 34.2 Å². The number of nitrogens with one attached hydrogen (secondary N) is 1. The Hall–Kier alpha value is -2.89. The lowest BCUT2D eigenvalue weighted by Crippen LogP contribution is -2.23. The molecule has 6 nitrogen and oxygen atoms in total. The SMILES string of the molecule is CCOc1ccc(CNC(=O)c2ccc(OCC)c(OCC)c2)cc1OCC. The zero-order valence-corrected chi connectivity index (χ0v) is 17.0. The smallest absolute Gasteiger partial charge is 0.251 e. The van der Waals surface area contributed by atoms with Gasteiger partial charge in [-0.05, 0) is 63.6 Å². The maximum absolute atomic E-state index is 12.6. The third-order valence-electron chi connectivity index (χ3n) is 3.87. The van der Waals surface area contributed by atoms with Gasteiger partial charge in [-0.3, -0.25) is 4.79 Å². The van der Waals surface area contributed by atoms with Crippen LogP contribution in [0.25, 0.3) is 0 Å². The minimum Gasteiger partial charge on any atom is -0.490 e. The van der Waals surface area contributed by atoms with Crippen LogP contribution in [0.2, 0.25) is 0 Å². The van der Waals surface area contributed by atoms with Crippen molar-refractivity contribution in [3.8, 4) is 23.0 Å². The Morgan fingerprint density at radius 2 is 1.21 bits per heavy atom. The summed E-state index contributed by atoms with van der Waals surface area (Å²) in [4.78, 5) is 12.6. The molecule has 0 heterocycles. The number of amides is 1. The minimum absolute atomic E-state index is 0.184. The molecule has 1 N–H and O–H groups in total. The number of rotatable bonds is 11. The van der Waals surface area contributed by atoms with E-state index in [9.17, 15) is 4.79 Å². The molecule has 0 spiro atoms. The molecule has 0 fully saturated rings. The lowest BCUT2D eigenvalue weighted by molar-refractivity contribution is 0.0950. The third-order valence-corrected chi connectivity index (χ3v) is 3.87. The van der Waals surface area contributed by atoms with Gasteiger partial charge < -0.3 is 24.3 Å². The molecule has 2 aromatic rings. The largest absolute Gasteiger partial charge is 0.490 e. The van der Waals surface area contributed by atoms with Gasteiger partial charge in [0.2, 0.25) is 0 Å². The molecule has 28 heavy (non-hydrogen) atoms. The summed E-state index contributed by atoms with van der Waals surface area (Å²) in [5.41, 5.74) is 1.44. The van der Waals surface area contributed by atoms with Crippen LogP contribution in [0.5, 0.6) is 23.0 Å². The van der Waals surface area contributed by atoms with E-state index >= 15 is 0 Å². The molecule has 0 aromatic heterocycles. The lowest BCUT2D eigenvalue weighted by atomic mass is 10.1. The van der Waals surface area contributed by atoms with Crippen molar-refractivity contribution in [1.29, 1.82) is 0 Å². The third kappa shape index (κ3) is 5.81. The van der Waals surface area contributed by atoms with E-state index in [1.54, 1.807) is 18.2 Å². The molecule has 0 aliphatic carbocycles. The minimum atomic E-state index is -0.184. The second-order valence-electron chi connectivity index (χ2n) is 5.86. The fourth-order valence-electron chi connectivity index (χ4n) is 2.68. The van der Waals surface area contributed by atoms with E-state index in [0.717, 1.165) is 5.56 Å². The van der Waals surface area contributed by atoms with Gasteiger partial charge >= 0.3 is 0 Å². The fourth-order valence-corrected chi connectivity index (χ4v) is 2.68. The Morgan fingerprint density at radius 3 is 1.79 bits per heavy atom. The zero-order valence-electron chi connectivity index (χ0n) is 17.0. The average Bonchev–Trinajstić information content (AvgIpc) is 2.70. The van der Waals surface area contributed by atoms with E-state index in [1.807, 2.05) is 45.9 Å². The fraction of sp³-hybridized carbons (Fsp3) is 0.409. The molecule has 2 rings (SSSR count). The van der Waals surface area contributed by atoms with Crippen molar-refractivity contribution in [3.63, 3.8) is 0 Å². The molecule has 0 saturated carbocycles. The summed E-state index contributed by atoms with van der Waals surface area (Å²) in [6.07, 6.45) is 0. The maximum atomic E-state index is 12.6. The molecule has 6 heteroatoms. The average molecular weight is 387 g/mol. The van der Waals surface area contributed by atoms with E-state index < -0.39 is 0 Å². The molecular weight excluding hydrogens is 358 g/mol. The Kier molecular flexibility index (Phi) is 8.46. The van der Waals surface area contributed by atoms with Gasteiger partial charge in [-0.25, -0.2) is 0 Å². The quantitative estimate of drug-likeness (QED) is 0.626. The van der Waals surface area contributed by atoms with Crippen LogP contribution in [0.3, 0.4) is 0 Å². The number of ether oxygens (including phenoxy) is 4. The van der Waals surface area contributed by atoms with E-state index in [0.29, 0.717) is 61.5 Å². The van der Waals surface area contributed by atoms with Gasteiger partial charge in [-0.1, -0.05) is 6.07 Å². The van der Waals surface area contributed by atoms with Crippen LogP contribution in [0.15, 0.2) is 36.4 Å². The number of carbonyl (C=O) groups excluding carboxylic acids is 1. The number of hydrogen-bond acceptors (Lipinski definition) is 5. The highest BCUT2D eigenvalue weighted by Crippen LogP contribution is 2.30. The number of carbonyl (C=O) groups is 1. The van der Waals surface area contributed by atoms with Gasteiger partial charge in [0.15, 0.2) is 23.0 Å². The van der Waals surface area contributed by atoms with Gasteiger partial charge in [-0.15, -0.1) is 0 Å². The molecule has 0 atom stereocenters. The predicted molar refractivity (Wildman–Crippen MR) is 109 cm³/mol. The van der Waals surface area contributed by atoms with Crippen molar-refractivity contribution in [1.82, 2.24) is 5.32 Å². The number of benzene rings is 2. The Morgan fingerprint density at radius 1 is 0.714 bits per heavy atom. The van der Waals surface area contributed by atoms with Gasteiger partial charge in [0.1, 0.15) is 0 Å². The van der Waals surface area contributed by atoms with Gasteiger partial charge in [0.05, 0.1) is 26.4 Å². The summed E-state index contributed by atoms with van der Waals surface area (Å²) in [5, 5.41) is 2.93. The summed E-state index contributed by atoms with van der Waals surface area (Å²) in [5.74, 6) is 2.39. The molecule has 0 unspecified atom stereocenters. The first-order chi connectivity index (χ1) is 13.6. The molecule has 0 saturated heterocycles. The first-order valence-corrected chi connectivity index (χ1v) is 9.69. The normalized spacial score (nSPS) is 10.3. The van der Waals surface area contributed by atoms with Crippen molar-refractivity contribution >= 4 is 5.91 Å². The predicted octanol–water partition coefficient (Wildman–Crippen LogP) is 4.21. The van der Waals surface area contributed by atoms with Crippen LogP contribution < -0.4 is 24.3 Å². The standard InChI is InChI=1S/C22H29NO5/c1-5-25-18-11-9-16(13-20(18)27-7-3)15-23-22(24)17-10-12-19(26-6-2)21(14-17)28-8-4/h9-14H,5-8,15H2,1-4H3,(H,23,24). The number of hydrogen-bond donors (Lipinski definition) is 1. The van der Waals surface area contributed by atoms with E-state index in [2.05, 4.69) is 5.32 Å². The first-order valence-electron chi connectivity index (χ1n) is 9.69. The van der Waals surface area contributed by atoms with Crippen molar-refractivity contribution in [2.24, 2.45) is 0 Å². The van der Waals surface area contributed by atoms with Crippen molar-refractivity contribution < 1.29 is 23.7 Å². The molecule has 0 aliphatic rings. The Balaban J connectivity index is 2.09. The monoisotopic (exact) mass is 387 g/mol. The van der Waals surface area contributed by atoms with Gasteiger partial charge in [0.25, 0.3) is 5.91 Å². The summed E-state index contributed by atoms with van der Waals surface area (Å²) >= 11 is 0. The Labute approximate surface area is 166 Å².